The van der Waals surface area contributed by atoms with E-state index in [0.29, 0.717) is 40.0 Å². The molecule has 0 saturated heterocycles. The maximum atomic E-state index is 12.9. The Kier molecular flexibility index (Phi) is 4.56. The van der Waals surface area contributed by atoms with Crippen LogP contribution in [-0.2, 0) is 15.1 Å². The number of hydrogen-bond donors (Lipinski definition) is 0. The molecule has 0 amide bonds. The number of esters is 2. The van der Waals surface area contributed by atoms with E-state index < -0.39 is 17.5 Å². The fraction of sp³-hybridized carbons (Fsp3) is 0.115. The lowest BCUT2D eigenvalue weighted by Gasteiger charge is -2.37. The molecule has 2 aliphatic heterocycles. The molecule has 0 aliphatic carbocycles. The highest BCUT2D eigenvalue weighted by Gasteiger charge is 2.54. The summed E-state index contributed by atoms with van der Waals surface area (Å²) in [5, 5.41) is 0. The summed E-state index contributed by atoms with van der Waals surface area (Å²) in [6.45, 7) is 5.07. The Bertz CT molecular complexity index is 1370. The molecule has 3 aromatic carbocycles. The van der Waals surface area contributed by atoms with Gasteiger partial charge in [0.2, 0.25) is 0 Å². The number of benzene rings is 3. The summed E-state index contributed by atoms with van der Waals surface area (Å²) < 4.78 is 22.9. The van der Waals surface area contributed by atoms with Crippen molar-refractivity contribution in [3.8, 4) is 23.0 Å². The van der Waals surface area contributed by atoms with E-state index in [2.05, 4.69) is 6.58 Å². The van der Waals surface area contributed by atoms with E-state index in [1.54, 1.807) is 42.5 Å². The van der Waals surface area contributed by atoms with Gasteiger partial charge in [0, 0.05) is 28.3 Å². The molecule has 0 N–H and O–H groups in total. The van der Waals surface area contributed by atoms with Gasteiger partial charge in [-0.2, -0.15) is 0 Å². The number of methoxy groups -OCH3 is 1. The molecule has 0 radical (unpaired) electrons. The van der Waals surface area contributed by atoms with Gasteiger partial charge in [-0.05, 0) is 37.3 Å². The smallest absolute Gasteiger partial charge is 0.340 e. The van der Waals surface area contributed by atoms with Gasteiger partial charge in [0.15, 0.2) is 11.9 Å². The molecular weight excluding hydrogens is 424 g/mol. The lowest BCUT2D eigenvalue weighted by Crippen LogP contribution is -2.33. The molecule has 0 fully saturated rings. The molecule has 0 bridgehead atoms. The zero-order valence-electron chi connectivity index (χ0n) is 17.8. The van der Waals surface area contributed by atoms with Gasteiger partial charge in [-0.1, -0.05) is 24.8 Å². The summed E-state index contributed by atoms with van der Waals surface area (Å²) in [5.41, 5.74) is 0.892. The molecule has 3 aromatic rings. The predicted octanol–water partition coefficient (Wildman–Crippen LogP) is 4.56. The molecule has 1 atom stereocenters. The molecule has 7 nitrogen and oxygen atoms in total. The summed E-state index contributed by atoms with van der Waals surface area (Å²) >= 11 is 0. The molecule has 5 rings (SSSR count). The number of carbonyl (C=O) groups excluding carboxylic acids is 3. The van der Waals surface area contributed by atoms with Gasteiger partial charge in [-0.15, -0.1) is 0 Å². The van der Waals surface area contributed by atoms with Gasteiger partial charge < -0.3 is 18.9 Å². The fourth-order valence-corrected chi connectivity index (χ4v) is 4.23. The quantitative estimate of drug-likeness (QED) is 0.253. The zero-order valence-corrected chi connectivity index (χ0v) is 17.8. The Balaban J connectivity index is 1.82. The van der Waals surface area contributed by atoms with Gasteiger partial charge in [0.1, 0.15) is 28.6 Å². The molecule has 1 spiro atoms. The predicted molar refractivity (Wildman–Crippen MR) is 117 cm³/mol. The SMILES string of the molecule is C=C(C)C(=O)Oc1ccc2c(c1C=O)Oc1cc(OC)ccc1C21OC(=O)c2ccccc21. The van der Waals surface area contributed by atoms with Crippen LogP contribution in [0.4, 0.5) is 0 Å². The van der Waals surface area contributed by atoms with Crippen LogP contribution in [0.5, 0.6) is 23.0 Å². The summed E-state index contributed by atoms with van der Waals surface area (Å²) in [4.78, 5) is 37.2. The summed E-state index contributed by atoms with van der Waals surface area (Å²) in [7, 11) is 1.52. The lowest BCUT2D eigenvalue weighted by molar-refractivity contribution is -0.130. The minimum Gasteiger partial charge on any atom is -0.497 e. The number of fused-ring (bicyclic) bond motifs is 6. The summed E-state index contributed by atoms with van der Waals surface area (Å²) in [6, 6.07) is 15.3. The van der Waals surface area contributed by atoms with Crippen molar-refractivity contribution in [3.05, 3.63) is 94.6 Å². The van der Waals surface area contributed by atoms with Crippen molar-refractivity contribution in [3.63, 3.8) is 0 Å². The maximum absolute atomic E-state index is 12.9. The fourth-order valence-electron chi connectivity index (χ4n) is 4.23. The van der Waals surface area contributed by atoms with Crippen LogP contribution in [0.15, 0.2) is 66.7 Å². The normalized spacial score (nSPS) is 17.2. The number of aldehydes is 1. The van der Waals surface area contributed by atoms with Crippen LogP contribution in [0, 0.1) is 0 Å². The van der Waals surface area contributed by atoms with Crippen LogP contribution < -0.4 is 14.2 Å². The average molecular weight is 442 g/mol. The van der Waals surface area contributed by atoms with Crippen LogP contribution in [0.1, 0.15) is 44.3 Å². The van der Waals surface area contributed by atoms with Crippen molar-refractivity contribution in [1.82, 2.24) is 0 Å². The molecule has 1 unspecified atom stereocenters. The van der Waals surface area contributed by atoms with Crippen molar-refractivity contribution in [2.75, 3.05) is 7.11 Å². The Morgan fingerprint density at radius 1 is 1.06 bits per heavy atom. The van der Waals surface area contributed by atoms with Crippen LogP contribution in [-0.4, -0.2) is 25.3 Å². The summed E-state index contributed by atoms with van der Waals surface area (Å²) in [5.74, 6) is -0.174. The molecule has 33 heavy (non-hydrogen) atoms. The molecule has 2 heterocycles. The number of rotatable bonds is 4. The highest BCUT2D eigenvalue weighted by atomic mass is 16.6. The van der Waals surface area contributed by atoms with Crippen LogP contribution >= 0.6 is 0 Å². The maximum Gasteiger partial charge on any atom is 0.340 e. The van der Waals surface area contributed by atoms with Crippen molar-refractivity contribution in [1.29, 1.82) is 0 Å². The summed E-state index contributed by atoms with van der Waals surface area (Å²) in [6.07, 6.45) is 0.543. The number of ether oxygens (including phenoxy) is 4. The Morgan fingerprint density at radius 2 is 1.82 bits per heavy atom. The molecular formula is C26H18O7. The van der Waals surface area contributed by atoms with Gasteiger partial charge >= 0.3 is 11.9 Å². The van der Waals surface area contributed by atoms with Crippen LogP contribution in [0.25, 0.3) is 0 Å². The van der Waals surface area contributed by atoms with E-state index in [9.17, 15) is 14.4 Å². The first-order valence-corrected chi connectivity index (χ1v) is 10.1. The van der Waals surface area contributed by atoms with Crippen molar-refractivity contribution < 1.29 is 33.3 Å². The molecule has 0 aromatic heterocycles. The first kappa shape index (κ1) is 20.5. The third kappa shape index (κ3) is 2.86. The zero-order chi connectivity index (χ0) is 23.3. The topological polar surface area (TPSA) is 88.1 Å². The minimum atomic E-state index is -1.35. The first-order valence-electron chi connectivity index (χ1n) is 10.1. The Labute approximate surface area is 189 Å². The monoisotopic (exact) mass is 442 g/mol. The van der Waals surface area contributed by atoms with Gasteiger partial charge in [0.25, 0.3) is 0 Å². The minimum absolute atomic E-state index is 0.00961. The second kappa shape index (κ2) is 7.34. The number of hydrogen-bond acceptors (Lipinski definition) is 7. The van der Waals surface area contributed by atoms with E-state index in [0.717, 1.165) is 0 Å². The highest BCUT2D eigenvalue weighted by Crippen LogP contribution is 2.57. The second-order valence-corrected chi connectivity index (χ2v) is 7.72. The molecule has 7 heteroatoms. The van der Waals surface area contributed by atoms with Gasteiger partial charge in [-0.25, -0.2) is 9.59 Å². The van der Waals surface area contributed by atoms with Crippen molar-refractivity contribution in [2.24, 2.45) is 0 Å². The van der Waals surface area contributed by atoms with E-state index in [1.807, 2.05) is 6.07 Å². The van der Waals surface area contributed by atoms with Gasteiger partial charge in [-0.3, -0.25) is 4.79 Å². The molecule has 0 saturated carbocycles. The second-order valence-electron chi connectivity index (χ2n) is 7.72. The third-order valence-corrected chi connectivity index (χ3v) is 5.76. The van der Waals surface area contributed by atoms with E-state index in [1.165, 1.54) is 20.1 Å². The molecule has 2 aliphatic rings. The molecule has 164 valence electrons. The van der Waals surface area contributed by atoms with E-state index >= 15 is 0 Å². The van der Waals surface area contributed by atoms with Crippen molar-refractivity contribution >= 4 is 18.2 Å². The van der Waals surface area contributed by atoms with Crippen LogP contribution in [0.3, 0.4) is 0 Å². The average Bonchev–Trinajstić information content (AvgIpc) is 3.11. The Hall–Kier alpha value is -4.39. The Morgan fingerprint density at radius 3 is 2.55 bits per heavy atom. The van der Waals surface area contributed by atoms with Gasteiger partial charge in [0.05, 0.1) is 12.7 Å². The van der Waals surface area contributed by atoms with E-state index in [-0.39, 0.29) is 22.6 Å². The lowest BCUT2D eigenvalue weighted by atomic mass is 9.77. The van der Waals surface area contributed by atoms with Crippen molar-refractivity contribution in [2.45, 2.75) is 12.5 Å². The highest BCUT2D eigenvalue weighted by molar-refractivity contribution is 5.98. The number of carbonyl (C=O) groups is 3. The standard InChI is InChI=1S/C26H18O7/c1-14(2)24(28)32-21-11-10-20-23(17(21)13-27)31-22-12-15(30-3)8-9-19(22)26(20)18-7-5-4-6-16(18)25(29)33-26/h4-13H,1H2,2-3H3. The van der Waals surface area contributed by atoms with Crippen LogP contribution in [0.2, 0.25) is 0 Å². The largest absolute Gasteiger partial charge is 0.497 e. The first-order chi connectivity index (χ1) is 15.9. The van der Waals surface area contributed by atoms with E-state index in [4.69, 9.17) is 18.9 Å². The third-order valence-electron chi connectivity index (χ3n) is 5.76.